The van der Waals surface area contributed by atoms with Gasteiger partial charge in [0.1, 0.15) is 10.6 Å². The summed E-state index contributed by atoms with van der Waals surface area (Å²) in [6, 6.07) is 4.58. The Morgan fingerprint density at radius 1 is 1.18 bits per heavy atom. The van der Waals surface area contributed by atoms with Gasteiger partial charge >= 0.3 is 0 Å². The Labute approximate surface area is 165 Å². The fourth-order valence-corrected chi connectivity index (χ4v) is 4.84. The van der Waals surface area contributed by atoms with Crippen LogP contribution in [0.4, 0.5) is 5.69 Å². The van der Waals surface area contributed by atoms with Crippen LogP contribution in [-0.2, 0) is 19.6 Å². The van der Waals surface area contributed by atoms with Gasteiger partial charge in [0.2, 0.25) is 21.8 Å². The van der Waals surface area contributed by atoms with E-state index in [4.69, 9.17) is 4.74 Å². The van der Waals surface area contributed by atoms with Gasteiger partial charge in [0.05, 0.1) is 13.2 Å². The van der Waals surface area contributed by atoms with E-state index in [9.17, 15) is 18.0 Å². The SMILES string of the molecule is CCOc1ccc(NC(=O)CNC(=O)C2CC2)cc1S(=O)(=O)N1CCCCC1. The summed E-state index contributed by atoms with van der Waals surface area (Å²) in [5, 5.41) is 5.24. The molecule has 0 aromatic heterocycles. The van der Waals surface area contributed by atoms with E-state index >= 15 is 0 Å². The second-order valence-corrected chi connectivity index (χ2v) is 9.01. The van der Waals surface area contributed by atoms with Gasteiger partial charge in [0, 0.05) is 24.7 Å². The lowest BCUT2D eigenvalue weighted by Crippen LogP contribution is -2.36. The third kappa shape index (κ3) is 5.02. The van der Waals surface area contributed by atoms with Crippen LogP contribution in [0.2, 0.25) is 0 Å². The normalized spacial score (nSPS) is 17.8. The summed E-state index contributed by atoms with van der Waals surface area (Å²) >= 11 is 0. The summed E-state index contributed by atoms with van der Waals surface area (Å²) < 4.78 is 33.2. The lowest BCUT2D eigenvalue weighted by atomic mass is 10.2. The van der Waals surface area contributed by atoms with Crippen LogP contribution in [0.5, 0.6) is 5.75 Å². The van der Waals surface area contributed by atoms with E-state index in [1.54, 1.807) is 19.1 Å². The number of nitrogens with one attached hydrogen (secondary N) is 2. The minimum atomic E-state index is -3.71. The molecule has 3 rings (SSSR count). The Balaban J connectivity index is 1.74. The topological polar surface area (TPSA) is 105 Å². The predicted molar refractivity (Wildman–Crippen MR) is 105 cm³/mol. The molecule has 1 heterocycles. The molecule has 0 spiro atoms. The Kier molecular flexibility index (Phi) is 6.56. The van der Waals surface area contributed by atoms with Crippen molar-refractivity contribution in [1.29, 1.82) is 0 Å². The molecule has 0 unspecified atom stereocenters. The molecule has 2 aliphatic rings. The Morgan fingerprint density at radius 3 is 2.54 bits per heavy atom. The first-order valence-electron chi connectivity index (χ1n) is 9.76. The molecule has 2 fully saturated rings. The van der Waals surface area contributed by atoms with E-state index in [1.807, 2.05) is 0 Å². The molecular formula is C19H27N3O5S. The van der Waals surface area contributed by atoms with Crippen LogP contribution in [0.25, 0.3) is 0 Å². The molecule has 154 valence electrons. The molecule has 2 amide bonds. The number of sulfonamides is 1. The first-order chi connectivity index (χ1) is 13.4. The number of hydrogen-bond acceptors (Lipinski definition) is 5. The molecule has 28 heavy (non-hydrogen) atoms. The Hall–Kier alpha value is -2.13. The largest absolute Gasteiger partial charge is 0.492 e. The molecule has 1 aromatic rings. The van der Waals surface area contributed by atoms with Crippen LogP contribution in [-0.4, -0.2) is 50.8 Å². The minimum Gasteiger partial charge on any atom is -0.492 e. The number of piperidine rings is 1. The highest BCUT2D eigenvalue weighted by atomic mass is 32.2. The quantitative estimate of drug-likeness (QED) is 0.680. The van der Waals surface area contributed by atoms with Crippen molar-refractivity contribution in [3.05, 3.63) is 18.2 Å². The third-order valence-corrected chi connectivity index (χ3v) is 6.75. The molecule has 0 radical (unpaired) electrons. The molecule has 1 saturated carbocycles. The fourth-order valence-electron chi connectivity index (χ4n) is 3.17. The third-order valence-electron chi connectivity index (χ3n) is 4.83. The molecule has 1 aliphatic heterocycles. The van der Waals surface area contributed by atoms with Crippen LogP contribution in [0, 0.1) is 5.92 Å². The standard InChI is InChI=1S/C19H27N3O5S/c1-2-27-16-9-8-15(21-18(23)13-20-19(24)14-6-7-14)12-17(16)28(25,26)22-10-4-3-5-11-22/h8-9,12,14H,2-7,10-11,13H2,1H3,(H,20,24)(H,21,23). The fraction of sp³-hybridized carbons (Fsp3) is 0.579. The summed E-state index contributed by atoms with van der Waals surface area (Å²) in [6.45, 7) is 2.95. The van der Waals surface area contributed by atoms with Crippen molar-refractivity contribution in [3.8, 4) is 5.75 Å². The highest BCUT2D eigenvalue weighted by molar-refractivity contribution is 7.89. The molecule has 0 bridgehead atoms. The van der Waals surface area contributed by atoms with Crippen molar-refractivity contribution in [3.63, 3.8) is 0 Å². The van der Waals surface area contributed by atoms with Gasteiger partial charge in [-0.25, -0.2) is 8.42 Å². The van der Waals surface area contributed by atoms with Crippen molar-refractivity contribution in [1.82, 2.24) is 9.62 Å². The lowest BCUT2D eigenvalue weighted by molar-refractivity contribution is -0.125. The van der Waals surface area contributed by atoms with Gasteiger partial charge < -0.3 is 15.4 Å². The van der Waals surface area contributed by atoms with Crippen LogP contribution < -0.4 is 15.4 Å². The number of carbonyl (C=O) groups is 2. The average molecular weight is 410 g/mol. The lowest BCUT2D eigenvalue weighted by Gasteiger charge is -2.27. The van der Waals surface area contributed by atoms with Gasteiger partial charge in [-0.1, -0.05) is 6.42 Å². The summed E-state index contributed by atoms with van der Waals surface area (Å²) in [7, 11) is -3.71. The van der Waals surface area contributed by atoms with Gasteiger partial charge in [0.15, 0.2) is 0 Å². The highest BCUT2D eigenvalue weighted by Crippen LogP contribution is 2.31. The second-order valence-electron chi connectivity index (χ2n) is 7.10. The first kappa shape index (κ1) is 20.6. The maximum Gasteiger partial charge on any atom is 0.246 e. The number of anilines is 1. The van der Waals surface area contributed by atoms with Gasteiger partial charge in [-0.15, -0.1) is 0 Å². The van der Waals surface area contributed by atoms with Crippen molar-refractivity contribution in [2.75, 3.05) is 31.6 Å². The molecule has 0 atom stereocenters. The maximum absolute atomic E-state index is 13.1. The average Bonchev–Trinajstić information content (AvgIpc) is 3.53. The van der Waals surface area contributed by atoms with E-state index in [-0.39, 0.29) is 29.0 Å². The zero-order valence-corrected chi connectivity index (χ0v) is 16.9. The minimum absolute atomic E-state index is 0.0274. The molecule has 1 saturated heterocycles. The van der Waals surface area contributed by atoms with E-state index in [0.29, 0.717) is 25.4 Å². The number of hydrogen-bond donors (Lipinski definition) is 2. The summed E-state index contributed by atoms with van der Waals surface area (Å²) in [4.78, 5) is 23.8. The predicted octanol–water partition coefficient (Wildman–Crippen LogP) is 1.72. The highest BCUT2D eigenvalue weighted by Gasteiger charge is 2.30. The summed E-state index contributed by atoms with van der Waals surface area (Å²) in [6.07, 6.45) is 4.42. The van der Waals surface area contributed by atoms with Crippen LogP contribution in [0.3, 0.4) is 0 Å². The van der Waals surface area contributed by atoms with Crippen molar-refractivity contribution in [2.45, 2.75) is 43.9 Å². The zero-order chi connectivity index (χ0) is 20.1. The van der Waals surface area contributed by atoms with Crippen molar-refractivity contribution >= 4 is 27.5 Å². The molecule has 1 aromatic carbocycles. The zero-order valence-electron chi connectivity index (χ0n) is 16.1. The Bertz CT molecular complexity index is 830. The van der Waals surface area contributed by atoms with E-state index < -0.39 is 15.9 Å². The number of nitrogens with zero attached hydrogens (tertiary/aromatic N) is 1. The number of benzene rings is 1. The number of amides is 2. The number of ether oxygens (including phenoxy) is 1. The maximum atomic E-state index is 13.1. The number of rotatable bonds is 8. The van der Waals surface area contributed by atoms with Crippen molar-refractivity contribution in [2.24, 2.45) is 5.92 Å². The number of carbonyl (C=O) groups excluding carboxylic acids is 2. The molecule has 8 nitrogen and oxygen atoms in total. The van der Waals surface area contributed by atoms with Crippen LogP contribution in [0.15, 0.2) is 23.1 Å². The van der Waals surface area contributed by atoms with Crippen molar-refractivity contribution < 1.29 is 22.7 Å². The van der Waals surface area contributed by atoms with E-state index in [1.165, 1.54) is 10.4 Å². The van der Waals surface area contributed by atoms with Gasteiger partial charge in [0.25, 0.3) is 0 Å². The summed E-state index contributed by atoms with van der Waals surface area (Å²) in [5.74, 6) is -0.220. The Morgan fingerprint density at radius 2 is 1.89 bits per heavy atom. The molecule has 9 heteroatoms. The monoisotopic (exact) mass is 409 g/mol. The van der Waals surface area contributed by atoms with E-state index in [2.05, 4.69) is 10.6 Å². The van der Waals surface area contributed by atoms with Crippen LogP contribution in [0.1, 0.15) is 39.0 Å². The van der Waals surface area contributed by atoms with Gasteiger partial charge in [-0.05, 0) is 50.8 Å². The molecule has 1 aliphatic carbocycles. The smallest absolute Gasteiger partial charge is 0.246 e. The van der Waals surface area contributed by atoms with Crippen LogP contribution >= 0.6 is 0 Å². The second kappa shape index (κ2) is 8.91. The van der Waals surface area contributed by atoms with Gasteiger partial charge in [-0.3, -0.25) is 9.59 Å². The molecule has 2 N–H and O–H groups in total. The van der Waals surface area contributed by atoms with E-state index in [0.717, 1.165) is 32.1 Å². The first-order valence-corrected chi connectivity index (χ1v) is 11.2. The summed E-state index contributed by atoms with van der Waals surface area (Å²) in [5.41, 5.74) is 0.352. The molecular weight excluding hydrogens is 382 g/mol. The van der Waals surface area contributed by atoms with Gasteiger partial charge in [-0.2, -0.15) is 4.31 Å².